The number of hydrogen-bond donors (Lipinski definition) is 3. The SMILES string of the molecule is CC=CC(=CC)C(Nc1nc(Nc2ccccc2)n2ncc(C=C3CC(=O)NC3=O)c2n1)N1CCOCC1. The van der Waals surface area contributed by atoms with Crippen molar-refractivity contribution in [3.05, 3.63) is 71.5 Å². The van der Waals surface area contributed by atoms with E-state index in [1.54, 1.807) is 16.8 Å². The van der Waals surface area contributed by atoms with Crippen molar-refractivity contribution in [1.82, 2.24) is 29.8 Å². The van der Waals surface area contributed by atoms with Crippen molar-refractivity contribution in [1.29, 1.82) is 0 Å². The molecule has 11 heteroatoms. The molecule has 1 aromatic carbocycles. The Kier molecular flexibility index (Phi) is 7.57. The highest BCUT2D eigenvalue weighted by Crippen LogP contribution is 2.24. The zero-order valence-corrected chi connectivity index (χ0v) is 21.3. The second-order valence-electron chi connectivity index (χ2n) is 8.90. The number of imide groups is 1. The van der Waals surface area contributed by atoms with Crippen LogP contribution < -0.4 is 16.0 Å². The van der Waals surface area contributed by atoms with Crippen LogP contribution in [0.2, 0.25) is 0 Å². The van der Waals surface area contributed by atoms with Gasteiger partial charge < -0.3 is 15.4 Å². The van der Waals surface area contributed by atoms with E-state index in [0.717, 1.165) is 24.4 Å². The van der Waals surface area contributed by atoms with Gasteiger partial charge in [-0.25, -0.2) is 0 Å². The van der Waals surface area contributed by atoms with E-state index in [2.05, 4.69) is 38.1 Å². The molecule has 0 bridgehead atoms. The number of morpholine rings is 1. The zero-order chi connectivity index (χ0) is 26.5. The highest BCUT2D eigenvalue weighted by molar-refractivity contribution is 6.15. The Bertz CT molecular complexity index is 1420. The van der Waals surface area contributed by atoms with Crippen molar-refractivity contribution >= 4 is 41.1 Å². The van der Waals surface area contributed by atoms with Gasteiger partial charge in [0, 0.05) is 29.9 Å². The molecule has 2 fully saturated rings. The minimum atomic E-state index is -0.402. The molecule has 2 aliphatic heterocycles. The average molecular weight is 515 g/mol. The van der Waals surface area contributed by atoms with Gasteiger partial charge in [-0.15, -0.1) is 0 Å². The summed E-state index contributed by atoms with van der Waals surface area (Å²) >= 11 is 0. The van der Waals surface area contributed by atoms with Crippen molar-refractivity contribution in [2.75, 3.05) is 36.9 Å². The molecule has 0 spiro atoms. The second kappa shape index (κ2) is 11.4. The fraction of sp³-hybridized carbons (Fsp3) is 0.296. The summed E-state index contributed by atoms with van der Waals surface area (Å²) in [5.41, 5.74) is 3.38. The first-order valence-electron chi connectivity index (χ1n) is 12.6. The molecule has 38 heavy (non-hydrogen) atoms. The second-order valence-corrected chi connectivity index (χ2v) is 8.90. The van der Waals surface area contributed by atoms with E-state index in [4.69, 9.17) is 14.7 Å². The standard InChI is InChI=1S/C27H30N8O3/c1-3-8-18(4-2)23(34-11-13-38-14-12-34)31-26-32-24-20(15-19-16-22(36)30-25(19)37)17-28-35(24)27(33-26)29-21-9-6-5-7-10-21/h3-10,15,17,23H,11-14,16H2,1-2H3,(H,30,36,37)(H2,29,31,32,33). The number of ether oxygens (including phenoxy) is 1. The number of carbonyl (C=O) groups excluding carboxylic acids is 2. The monoisotopic (exact) mass is 514 g/mol. The third kappa shape index (κ3) is 5.48. The largest absolute Gasteiger partial charge is 0.379 e. The van der Waals surface area contributed by atoms with Crippen molar-refractivity contribution in [2.24, 2.45) is 0 Å². The molecule has 11 nitrogen and oxygen atoms in total. The Morgan fingerprint density at radius 2 is 1.92 bits per heavy atom. The summed E-state index contributed by atoms with van der Waals surface area (Å²) in [7, 11) is 0. The van der Waals surface area contributed by atoms with Crippen LogP contribution in [0.15, 0.2) is 65.9 Å². The summed E-state index contributed by atoms with van der Waals surface area (Å²) in [5, 5.41) is 13.6. The molecule has 1 unspecified atom stereocenters. The molecular weight excluding hydrogens is 484 g/mol. The van der Waals surface area contributed by atoms with Crippen LogP contribution in [0.5, 0.6) is 0 Å². The van der Waals surface area contributed by atoms with Gasteiger partial charge in [-0.2, -0.15) is 19.6 Å². The van der Waals surface area contributed by atoms with Crippen molar-refractivity contribution in [3.8, 4) is 0 Å². The lowest BCUT2D eigenvalue weighted by atomic mass is 10.1. The number of amides is 2. The summed E-state index contributed by atoms with van der Waals surface area (Å²) in [6.45, 7) is 6.81. The Labute approximate surface area is 220 Å². The number of benzene rings is 1. The van der Waals surface area contributed by atoms with Crippen LogP contribution in [-0.2, 0) is 14.3 Å². The molecule has 0 radical (unpaired) electrons. The summed E-state index contributed by atoms with van der Waals surface area (Å²) in [6.07, 6.45) is 9.25. The maximum absolute atomic E-state index is 12.2. The number of aromatic nitrogens is 4. The normalized spacial score (nSPS) is 18.9. The fourth-order valence-corrected chi connectivity index (χ4v) is 4.48. The molecule has 196 valence electrons. The Balaban J connectivity index is 1.58. The van der Waals surface area contributed by atoms with Crippen LogP contribution >= 0.6 is 0 Å². The Hall–Kier alpha value is -4.35. The molecule has 0 aliphatic carbocycles. The molecule has 4 heterocycles. The van der Waals surface area contributed by atoms with E-state index in [1.807, 2.05) is 50.3 Å². The molecule has 3 N–H and O–H groups in total. The topological polar surface area (TPSA) is 126 Å². The van der Waals surface area contributed by atoms with E-state index in [1.165, 1.54) is 0 Å². The zero-order valence-electron chi connectivity index (χ0n) is 21.3. The van der Waals surface area contributed by atoms with E-state index in [9.17, 15) is 9.59 Å². The van der Waals surface area contributed by atoms with Gasteiger partial charge in [0.05, 0.1) is 25.8 Å². The summed E-state index contributed by atoms with van der Waals surface area (Å²) < 4.78 is 7.17. The van der Waals surface area contributed by atoms with E-state index >= 15 is 0 Å². The molecule has 0 saturated carbocycles. The number of rotatable bonds is 8. The minimum Gasteiger partial charge on any atom is -0.379 e. The van der Waals surface area contributed by atoms with E-state index < -0.39 is 5.91 Å². The third-order valence-electron chi connectivity index (χ3n) is 6.34. The first-order valence-corrected chi connectivity index (χ1v) is 12.6. The molecule has 2 saturated heterocycles. The molecule has 2 aliphatic rings. The smallest absolute Gasteiger partial charge is 0.254 e. The summed E-state index contributed by atoms with van der Waals surface area (Å²) in [5.74, 6) is 0.121. The number of para-hydroxylation sites is 1. The van der Waals surface area contributed by atoms with Gasteiger partial charge in [0.2, 0.25) is 17.8 Å². The average Bonchev–Trinajstić information content (AvgIpc) is 3.48. The van der Waals surface area contributed by atoms with Crippen molar-refractivity contribution < 1.29 is 14.3 Å². The maximum Gasteiger partial charge on any atom is 0.254 e. The number of hydrogen-bond acceptors (Lipinski definition) is 9. The van der Waals surface area contributed by atoms with E-state index in [-0.39, 0.29) is 18.5 Å². The number of nitrogens with one attached hydrogen (secondary N) is 3. The van der Waals surface area contributed by atoms with Gasteiger partial charge in [0.15, 0.2) is 5.65 Å². The predicted molar refractivity (Wildman–Crippen MR) is 145 cm³/mol. The predicted octanol–water partition coefficient (Wildman–Crippen LogP) is 2.89. The number of carbonyl (C=O) groups is 2. The van der Waals surface area contributed by atoms with Crippen molar-refractivity contribution in [2.45, 2.75) is 26.4 Å². The number of allylic oxidation sites excluding steroid dienone is 2. The maximum atomic E-state index is 12.2. The third-order valence-corrected chi connectivity index (χ3v) is 6.34. The number of nitrogens with zero attached hydrogens (tertiary/aromatic N) is 5. The van der Waals surface area contributed by atoms with Gasteiger partial charge in [-0.1, -0.05) is 36.4 Å². The molecule has 2 aromatic heterocycles. The summed E-state index contributed by atoms with van der Waals surface area (Å²) in [4.78, 5) is 35.8. The van der Waals surface area contributed by atoms with Gasteiger partial charge in [-0.05, 0) is 37.6 Å². The van der Waals surface area contributed by atoms with Crippen LogP contribution in [0.4, 0.5) is 17.6 Å². The molecule has 5 rings (SSSR count). The quantitative estimate of drug-likeness (QED) is 0.236. The molecule has 3 aromatic rings. The van der Waals surface area contributed by atoms with Gasteiger partial charge in [0.25, 0.3) is 5.91 Å². The van der Waals surface area contributed by atoms with E-state index in [0.29, 0.717) is 41.9 Å². The Morgan fingerprint density at radius 3 is 2.61 bits per heavy atom. The lowest BCUT2D eigenvalue weighted by Gasteiger charge is -2.35. The first-order chi connectivity index (χ1) is 18.6. The van der Waals surface area contributed by atoms with Crippen LogP contribution in [0, 0.1) is 0 Å². The molecule has 1 atom stereocenters. The highest BCUT2D eigenvalue weighted by atomic mass is 16.5. The number of fused-ring (bicyclic) bond motifs is 1. The molecule has 2 amide bonds. The van der Waals surface area contributed by atoms with Gasteiger partial charge in [0.1, 0.15) is 6.17 Å². The molecular formula is C27H30N8O3. The first kappa shape index (κ1) is 25.3. The van der Waals surface area contributed by atoms with Gasteiger partial charge >= 0.3 is 0 Å². The number of anilines is 3. The highest BCUT2D eigenvalue weighted by Gasteiger charge is 2.26. The van der Waals surface area contributed by atoms with Crippen LogP contribution in [0.25, 0.3) is 11.7 Å². The van der Waals surface area contributed by atoms with Crippen LogP contribution in [0.3, 0.4) is 0 Å². The lowest BCUT2D eigenvalue weighted by molar-refractivity contribution is -0.124. The minimum absolute atomic E-state index is 0.0224. The van der Waals surface area contributed by atoms with Crippen molar-refractivity contribution in [3.63, 3.8) is 0 Å². The fourth-order valence-electron chi connectivity index (χ4n) is 4.48. The van der Waals surface area contributed by atoms with Gasteiger partial charge in [-0.3, -0.25) is 19.8 Å². The van der Waals surface area contributed by atoms with Crippen LogP contribution in [0.1, 0.15) is 25.8 Å². The lowest BCUT2D eigenvalue weighted by Crippen LogP contribution is -2.48. The summed E-state index contributed by atoms with van der Waals surface area (Å²) in [6, 6.07) is 9.66. The van der Waals surface area contributed by atoms with Crippen LogP contribution in [-0.4, -0.2) is 68.8 Å². The Morgan fingerprint density at radius 1 is 1.13 bits per heavy atom.